The lowest BCUT2D eigenvalue weighted by Gasteiger charge is -2.22. The third-order valence-electron chi connectivity index (χ3n) is 2.72. The van der Waals surface area contributed by atoms with Crippen molar-refractivity contribution in [3.05, 3.63) is 28.8 Å². The smallest absolute Gasteiger partial charge is 0.339 e. The van der Waals surface area contributed by atoms with E-state index in [1.807, 2.05) is 26.0 Å². The van der Waals surface area contributed by atoms with Crippen LogP contribution in [0.4, 0.5) is 5.69 Å². The monoisotopic (exact) mass is 270 g/mol. The van der Waals surface area contributed by atoms with Crippen LogP contribution >= 0.6 is 11.6 Å². The number of hydrogen-bond donors (Lipinski definition) is 1. The maximum absolute atomic E-state index is 11.2. The van der Waals surface area contributed by atoms with Gasteiger partial charge in [0.05, 0.1) is 10.7 Å². The molecule has 0 heterocycles. The van der Waals surface area contributed by atoms with Crippen molar-refractivity contribution in [2.75, 3.05) is 39.1 Å². The highest BCUT2D eigenvalue weighted by Gasteiger charge is 2.16. The van der Waals surface area contributed by atoms with E-state index in [4.69, 9.17) is 11.6 Å². The topological polar surface area (TPSA) is 43.8 Å². The molecule has 1 N–H and O–H groups in total. The summed E-state index contributed by atoms with van der Waals surface area (Å²) in [6.45, 7) is 1.76. The summed E-state index contributed by atoms with van der Waals surface area (Å²) < 4.78 is 0. The van der Waals surface area contributed by atoms with Gasteiger partial charge < -0.3 is 14.9 Å². The fourth-order valence-corrected chi connectivity index (χ4v) is 2.04. The van der Waals surface area contributed by atoms with Crippen molar-refractivity contribution >= 4 is 23.3 Å². The molecule has 1 rings (SSSR count). The first-order chi connectivity index (χ1) is 8.43. The van der Waals surface area contributed by atoms with Crippen molar-refractivity contribution in [1.29, 1.82) is 0 Å². The van der Waals surface area contributed by atoms with E-state index in [1.165, 1.54) is 0 Å². The van der Waals surface area contributed by atoms with Gasteiger partial charge in [0.15, 0.2) is 0 Å². The number of carbonyl (C=O) groups is 1. The third kappa shape index (κ3) is 3.89. The maximum Gasteiger partial charge on any atom is 0.339 e. The van der Waals surface area contributed by atoms with Crippen LogP contribution in [-0.2, 0) is 0 Å². The number of hydrogen-bond acceptors (Lipinski definition) is 3. The molecule has 100 valence electrons. The third-order valence-corrected chi connectivity index (χ3v) is 3.03. The summed E-state index contributed by atoms with van der Waals surface area (Å²) in [7, 11) is 5.91. The van der Waals surface area contributed by atoms with E-state index in [2.05, 4.69) is 4.90 Å². The Kier molecular flexibility index (Phi) is 5.44. The zero-order valence-electron chi connectivity index (χ0n) is 11.0. The minimum Gasteiger partial charge on any atom is -0.478 e. The van der Waals surface area contributed by atoms with Gasteiger partial charge in [0.1, 0.15) is 5.56 Å². The molecule has 0 radical (unpaired) electrons. The summed E-state index contributed by atoms with van der Waals surface area (Å²) in [5.41, 5.74) is 0.834. The Morgan fingerprint density at radius 3 is 2.50 bits per heavy atom. The molecular weight excluding hydrogens is 252 g/mol. The molecule has 0 aliphatic rings. The van der Waals surface area contributed by atoms with Crippen LogP contribution in [0.25, 0.3) is 0 Å². The molecule has 0 unspecified atom stereocenters. The van der Waals surface area contributed by atoms with Crippen molar-refractivity contribution < 1.29 is 9.90 Å². The Hall–Kier alpha value is -1.26. The zero-order valence-corrected chi connectivity index (χ0v) is 11.7. The van der Waals surface area contributed by atoms with Crippen LogP contribution in [-0.4, -0.2) is 50.2 Å². The standard InChI is InChI=1S/C13H19ClN2O2/c1-15(2)8-5-9-16(3)11-7-4-6-10(14)12(11)13(17)18/h4,6-7H,5,8-9H2,1-3H3,(H,17,18). The van der Waals surface area contributed by atoms with Crippen LogP contribution in [0.1, 0.15) is 16.8 Å². The predicted octanol–water partition coefficient (Wildman–Crippen LogP) is 2.43. The Bertz CT molecular complexity index is 421. The fourth-order valence-electron chi connectivity index (χ4n) is 1.79. The molecule has 0 spiro atoms. The van der Waals surface area contributed by atoms with E-state index in [9.17, 15) is 9.90 Å². The highest BCUT2D eigenvalue weighted by Crippen LogP contribution is 2.26. The normalized spacial score (nSPS) is 10.7. The summed E-state index contributed by atoms with van der Waals surface area (Å²) in [6.07, 6.45) is 0.967. The molecule has 5 heteroatoms. The minimum atomic E-state index is -0.991. The number of carboxylic acids is 1. The lowest BCUT2D eigenvalue weighted by atomic mass is 10.1. The average Bonchev–Trinajstić information content (AvgIpc) is 2.27. The molecule has 18 heavy (non-hydrogen) atoms. The summed E-state index contributed by atoms with van der Waals surface area (Å²) in [5.74, 6) is -0.991. The number of anilines is 1. The van der Waals surface area contributed by atoms with Gasteiger partial charge in [-0.15, -0.1) is 0 Å². The van der Waals surface area contributed by atoms with E-state index in [1.54, 1.807) is 18.2 Å². The van der Waals surface area contributed by atoms with Crippen LogP contribution in [0.5, 0.6) is 0 Å². The van der Waals surface area contributed by atoms with Crippen LogP contribution in [0.2, 0.25) is 5.02 Å². The van der Waals surface area contributed by atoms with Gasteiger partial charge in [-0.1, -0.05) is 17.7 Å². The van der Waals surface area contributed by atoms with E-state index >= 15 is 0 Å². The van der Waals surface area contributed by atoms with Crippen molar-refractivity contribution in [1.82, 2.24) is 4.90 Å². The second kappa shape index (κ2) is 6.61. The maximum atomic E-state index is 11.2. The van der Waals surface area contributed by atoms with Gasteiger partial charge in [-0.25, -0.2) is 4.79 Å². The summed E-state index contributed by atoms with van der Waals surface area (Å²) in [5, 5.41) is 9.47. The highest BCUT2D eigenvalue weighted by atomic mass is 35.5. The lowest BCUT2D eigenvalue weighted by molar-refractivity contribution is 0.0698. The van der Waals surface area contributed by atoms with Crippen molar-refractivity contribution in [3.63, 3.8) is 0 Å². The molecule has 0 atom stereocenters. The van der Waals surface area contributed by atoms with E-state index in [0.717, 1.165) is 19.5 Å². The molecule has 4 nitrogen and oxygen atoms in total. The van der Waals surface area contributed by atoms with Crippen molar-refractivity contribution in [2.24, 2.45) is 0 Å². The van der Waals surface area contributed by atoms with Gasteiger partial charge in [0.25, 0.3) is 0 Å². The van der Waals surface area contributed by atoms with Gasteiger partial charge in [0, 0.05) is 13.6 Å². The molecule has 1 aromatic carbocycles. The Balaban J connectivity index is 2.82. The Morgan fingerprint density at radius 2 is 1.94 bits per heavy atom. The number of halogens is 1. The van der Waals surface area contributed by atoms with E-state index in [0.29, 0.717) is 5.69 Å². The SMILES string of the molecule is CN(C)CCCN(C)c1cccc(Cl)c1C(=O)O. The second-order valence-electron chi connectivity index (χ2n) is 4.52. The number of aromatic carboxylic acids is 1. The lowest BCUT2D eigenvalue weighted by Crippen LogP contribution is -2.24. The van der Waals surface area contributed by atoms with Crippen LogP contribution in [0, 0.1) is 0 Å². The number of nitrogens with zero attached hydrogens (tertiary/aromatic N) is 2. The zero-order chi connectivity index (χ0) is 13.7. The largest absolute Gasteiger partial charge is 0.478 e. The van der Waals surface area contributed by atoms with E-state index in [-0.39, 0.29) is 10.6 Å². The van der Waals surface area contributed by atoms with Gasteiger partial charge in [-0.2, -0.15) is 0 Å². The first kappa shape index (κ1) is 14.8. The molecule has 0 saturated carbocycles. The number of rotatable bonds is 6. The van der Waals surface area contributed by atoms with Gasteiger partial charge >= 0.3 is 5.97 Å². The Labute approximate surface area is 113 Å². The fraction of sp³-hybridized carbons (Fsp3) is 0.462. The molecule has 0 aliphatic carbocycles. The highest BCUT2D eigenvalue weighted by molar-refractivity contribution is 6.34. The first-order valence-electron chi connectivity index (χ1n) is 5.81. The molecule has 0 amide bonds. The minimum absolute atomic E-state index is 0.173. The molecule has 0 aromatic heterocycles. The molecule has 0 fully saturated rings. The summed E-state index contributed by atoms with van der Waals surface area (Å²) >= 11 is 5.94. The summed E-state index contributed by atoms with van der Waals surface area (Å²) in [6, 6.07) is 5.15. The van der Waals surface area contributed by atoms with Crippen molar-refractivity contribution in [3.8, 4) is 0 Å². The molecule has 0 bridgehead atoms. The number of benzene rings is 1. The predicted molar refractivity (Wildman–Crippen MR) is 74.9 cm³/mol. The summed E-state index contributed by atoms with van der Waals surface area (Å²) in [4.78, 5) is 15.2. The second-order valence-corrected chi connectivity index (χ2v) is 4.92. The van der Waals surface area contributed by atoms with Crippen LogP contribution < -0.4 is 4.90 Å². The van der Waals surface area contributed by atoms with Crippen LogP contribution in [0.3, 0.4) is 0 Å². The molecule has 0 saturated heterocycles. The average molecular weight is 271 g/mol. The van der Waals surface area contributed by atoms with Gasteiger partial charge in [-0.3, -0.25) is 0 Å². The van der Waals surface area contributed by atoms with Crippen LogP contribution in [0.15, 0.2) is 18.2 Å². The van der Waals surface area contributed by atoms with E-state index < -0.39 is 5.97 Å². The first-order valence-corrected chi connectivity index (χ1v) is 6.19. The number of carboxylic acid groups (broad SMARTS) is 1. The van der Waals surface area contributed by atoms with Gasteiger partial charge in [-0.05, 0) is 39.2 Å². The van der Waals surface area contributed by atoms with Gasteiger partial charge in [0.2, 0.25) is 0 Å². The molecular formula is C13H19ClN2O2. The molecule has 0 aliphatic heterocycles. The Morgan fingerprint density at radius 1 is 1.28 bits per heavy atom. The quantitative estimate of drug-likeness (QED) is 0.862. The van der Waals surface area contributed by atoms with Crippen molar-refractivity contribution in [2.45, 2.75) is 6.42 Å². The molecule has 1 aromatic rings.